The van der Waals surface area contributed by atoms with Crippen LogP contribution in [0.15, 0.2) is 12.1 Å². The van der Waals surface area contributed by atoms with Gasteiger partial charge < -0.3 is 10.4 Å². The number of aliphatic hydroxyl groups is 1. The maximum Gasteiger partial charge on any atom is 0.0434 e. The lowest BCUT2D eigenvalue weighted by Crippen LogP contribution is -2.23. The van der Waals surface area contributed by atoms with Gasteiger partial charge in [-0.2, -0.15) is 0 Å². The van der Waals surface area contributed by atoms with Crippen LogP contribution in [0.5, 0.6) is 0 Å². The summed E-state index contributed by atoms with van der Waals surface area (Å²) in [6.07, 6.45) is 2.02. The molecule has 2 nitrogen and oxygen atoms in total. The van der Waals surface area contributed by atoms with Gasteiger partial charge in [-0.1, -0.05) is 31.0 Å². The SMILES string of the molecule is CCC(CCO)CNCc1c(C)cc(C)cc1C. The summed E-state index contributed by atoms with van der Waals surface area (Å²) in [5, 5.41) is 12.5. The van der Waals surface area contributed by atoms with Gasteiger partial charge in [0.15, 0.2) is 0 Å². The van der Waals surface area contributed by atoms with Crippen molar-refractivity contribution in [2.45, 2.75) is 47.1 Å². The summed E-state index contributed by atoms with van der Waals surface area (Å²) < 4.78 is 0. The van der Waals surface area contributed by atoms with E-state index in [-0.39, 0.29) is 0 Å². The number of aliphatic hydroxyl groups excluding tert-OH is 1. The zero-order valence-corrected chi connectivity index (χ0v) is 12.2. The van der Waals surface area contributed by atoms with Crippen molar-refractivity contribution in [1.82, 2.24) is 5.32 Å². The topological polar surface area (TPSA) is 32.3 Å². The maximum absolute atomic E-state index is 8.98. The molecule has 2 N–H and O–H groups in total. The van der Waals surface area contributed by atoms with E-state index in [0.717, 1.165) is 25.9 Å². The molecule has 0 saturated carbocycles. The lowest BCUT2D eigenvalue weighted by atomic mass is 9.99. The summed E-state index contributed by atoms with van der Waals surface area (Å²) in [6.45, 7) is 10.9. The lowest BCUT2D eigenvalue weighted by Gasteiger charge is -2.16. The number of nitrogens with one attached hydrogen (secondary N) is 1. The minimum atomic E-state index is 0.294. The highest BCUT2D eigenvalue weighted by atomic mass is 16.3. The molecule has 1 unspecified atom stereocenters. The first-order valence-electron chi connectivity index (χ1n) is 6.96. The Morgan fingerprint density at radius 1 is 1.17 bits per heavy atom. The Morgan fingerprint density at radius 2 is 1.78 bits per heavy atom. The molecule has 1 aromatic rings. The predicted octanol–water partition coefficient (Wildman–Crippen LogP) is 3.11. The molecule has 0 radical (unpaired) electrons. The minimum Gasteiger partial charge on any atom is -0.396 e. The monoisotopic (exact) mass is 249 g/mol. The van der Waals surface area contributed by atoms with Crippen molar-refractivity contribution in [3.63, 3.8) is 0 Å². The molecule has 0 bridgehead atoms. The van der Waals surface area contributed by atoms with Crippen LogP contribution in [0.2, 0.25) is 0 Å². The molecule has 0 heterocycles. The van der Waals surface area contributed by atoms with Gasteiger partial charge in [-0.25, -0.2) is 0 Å². The third-order valence-electron chi connectivity index (χ3n) is 3.69. The Labute approximate surface area is 111 Å². The number of hydrogen-bond acceptors (Lipinski definition) is 2. The summed E-state index contributed by atoms with van der Waals surface area (Å²) in [5.74, 6) is 0.584. The van der Waals surface area contributed by atoms with Crippen LogP contribution in [0.3, 0.4) is 0 Å². The van der Waals surface area contributed by atoms with Crippen molar-refractivity contribution < 1.29 is 5.11 Å². The summed E-state index contributed by atoms with van der Waals surface area (Å²) in [5.41, 5.74) is 5.49. The summed E-state index contributed by atoms with van der Waals surface area (Å²) >= 11 is 0. The fraction of sp³-hybridized carbons (Fsp3) is 0.625. The van der Waals surface area contributed by atoms with Crippen molar-refractivity contribution >= 4 is 0 Å². The molecule has 1 aromatic carbocycles. The Kier molecular flexibility index (Phi) is 6.37. The Hall–Kier alpha value is -0.860. The molecule has 0 aliphatic heterocycles. The Bertz CT molecular complexity index is 350. The number of aryl methyl sites for hydroxylation is 3. The smallest absolute Gasteiger partial charge is 0.0434 e. The van der Waals surface area contributed by atoms with Crippen molar-refractivity contribution in [3.05, 3.63) is 34.4 Å². The molecule has 0 amide bonds. The van der Waals surface area contributed by atoms with E-state index >= 15 is 0 Å². The first kappa shape index (κ1) is 15.2. The number of hydrogen-bond donors (Lipinski definition) is 2. The van der Waals surface area contributed by atoms with Crippen LogP contribution >= 0.6 is 0 Å². The second-order valence-corrected chi connectivity index (χ2v) is 5.29. The Morgan fingerprint density at radius 3 is 2.28 bits per heavy atom. The predicted molar refractivity (Wildman–Crippen MR) is 77.8 cm³/mol. The van der Waals surface area contributed by atoms with Gasteiger partial charge in [0, 0.05) is 13.2 Å². The largest absolute Gasteiger partial charge is 0.396 e. The first-order chi connectivity index (χ1) is 8.58. The van der Waals surface area contributed by atoms with Crippen LogP contribution in [-0.4, -0.2) is 18.3 Å². The quantitative estimate of drug-likeness (QED) is 0.778. The summed E-state index contributed by atoms with van der Waals surface area (Å²) in [4.78, 5) is 0. The van der Waals surface area contributed by atoms with E-state index in [9.17, 15) is 0 Å². The molecule has 18 heavy (non-hydrogen) atoms. The van der Waals surface area contributed by atoms with Crippen molar-refractivity contribution in [3.8, 4) is 0 Å². The van der Waals surface area contributed by atoms with E-state index in [4.69, 9.17) is 5.11 Å². The molecule has 2 heteroatoms. The van der Waals surface area contributed by atoms with E-state index in [1.807, 2.05) is 0 Å². The van der Waals surface area contributed by atoms with Crippen molar-refractivity contribution in [2.75, 3.05) is 13.2 Å². The molecule has 0 aliphatic rings. The highest BCUT2D eigenvalue weighted by Gasteiger charge is 2.07. The van der Waals surface area contributed by atoms with Gasteiger partial charge >= 0.3 is 0 Å². The average Bonchev–Trinajstić information content (AvgIpc) is 2.31. The first-order valence-corrected chi connectivity index (χ1v) is 6.96. The zero-order chi connectivity index (χ0) is 13.5. The van der Waals surface area contributed by atoms with Crippen LogP contribution in [0.1, 0.15) is 42.0 Å². The van der Waals surface area contributed by atoms with Gasteiger partial charge in [0.25, 0.3) is 0 Å². The molecular formula is C16H27NO. The van der Waals surface area contributed by atoms with Gasteiger partial charge in [-0.05, 0) is 56.3 Å². The van der Waals surface area contributed by atoms with Gasteiger partial charge in [-0.3, -0.25) is 0 Å². The van der Waals surface area contributed by atoms with E-state index < -0.39 is 0 Å². The molecule has 1 atom stereocenters. The van der Waals surface area contributed by atoms with Gasteiger partial charge in [0.05, 0.1) is 0 Å². The maximum atomic E-state index is 8.98. The Balaban J connectivity index is 2.53. The van der Waals surface area contributed by atoms with E-state index in [1.165, 1.54) is 22.3 Å². The molecular weight excluding hydrogens is 222 g/mol. The van der Waals surface area contributed by atoms with Gasteiger partial charge in [0.1, 0.15) is 0 Å². The molecule has 0 fully saturated rings. The molecule has 1 rings (SSSR count). The van der Waals surface area contributed by atoms with Gasteiger partial charge in [0.2, 0.25) is 0 Å². The second kappa shape index (κ2) is 7.55. The van der Waals surface area contributed by atoms with Crippen LogP contribution in [0.4, 0.5) is 0 Å². The van der Waals surface area contributed by atoms with Gasteiger partial charge in [-0.15, -0.1) is 0 Å². The number of benzene rings is 1. The second-order valence-electron chi connectivity index (χ2n) is 5.29. The fourth-order valence-corrected chi connectivity index (χ4v) is 2.52. The normalized spacial score (nSPS) is 12.7. The molecule has 0 aromatic heterocycles. The summed E-state index contributed by atoms with van der Waals surface area (Å²) in [7, 11) is 0. The number of rotatable bonds is 7. The summed E-state index contributed by atoms with van der Waals surface area (Å²) in [6, 6.07) is 4.49. The highest BCUT2D eigenvalue weighted by molar-refractivity contribution is 5.37. The highest BCUT2D eigenvalue weighted by Crippen LogP contribution is 2.16. The van der Waals surface area contributed by atoms with Crippen molar-refractivity contribution in [2.24, 2.45) is 5.92 Å². The van der Waals surface area contributed by atoms with Crippen LogP contribution in [0.25, 0.3) is 0 Å². The third kappa shape index (κ3) is 4.43. The lowest BCUT2D eigenvalue weighted by molar-refractivity contribution is 0.251. The van der Waals surface area contributed by atoms with Crippen LogP contribution in [-0.2, 0) is 6.54 Å². The van der Waals surface area contributed by atoms with Crippen molar-refractivity contribution in [1.29, 1.82) is 0 Å². The van der Waals surface area contributed by atoms with E-state index in [0.29, 0.717) is 12.5 Å². The standard InChI is InChI=1S/C16H27NO/c1-5-15(6-7-18)10-17-11-16-13(3)8-12(2)9-14(16)4/h8-9,15,17-18H,5-7,10-11H2,1-4H3. The molecule has 0 spiro atoms. The molecule has 0 aliphatic carbocycles. The average molecular weight is 249 g/mol. The van der Waals surface area contributed by atoms with Crippen LogP contribution in [0, 0.1) is 26.7 Å². The fourth-order valence-electron chi connectivity index (χ4n) is 2.52. The molecule has 102 valence electrons. The van der Waals surface area contributed by atoms with Crippen LogP contribution < -0.4 is 5.32 Å². The molecule has 0 saturated heterocycles. The third-order valence-corrected chi connectivity index (χ3v) is 3.69. The minimum absolute atomic E-state index is 0.294. The van der Waals surface area contributed by atoms with E-state index in [2.05, 4.69) is 45.1 Å². The zero-order valence-electron chi connectivity index (χ0n) is 12.2. The van der Waals surface area contributed by atoms with E-state index in [1.54, 1.807) is 0 Å².